The third kappa shape index (κ3) is 3.21. The molecule has 0 radical (unpaired) electrons. The average molecular weight is 381 g/mol. The summed E-state index contributed by atoms with van der Waals surface area (Å²) in [6, 6.07) is 21.2. The summed E-state index contributed by atoms with van der Waals surface area (Å²) in [5.74, 6) is -0.0161. The highest BCUT2D eigenvalue weighted by molar-refractivity contribution is 6.07. The Labute approximate surface area is 167 Å². The summed E-state index contributed by atoms with van der Waals surface area (Å²) in [6.45, 7) is 1.08. The maximum absolute atomic E-state index is 13.5. The molecule has 5 rings (SSSR count). The Balaban J connectivity index is 1.58. The van der Waals surface area contributed by atoms with E-state index in [1.54, 1.807) is 12.3 Å². The highest BCUT2D eigenvalue weighted by Gasteiger charge is 2.24. The number of H-pyrrole nitrogens is 1. The van der Waals surface area contributed by atoms with Crippen molar-refractivity contribution in [1.29, 1.82) is 0 Å². The van der Waals surface area contributed by atoms with Crippen LogP contribution in [0.15, 0.2) is 77.7 Å². The maximum atomic E-state index is 13.5. The fraction of sp³-hybridized carbons (Fsp3) is 0.125. The van der Waals surface area contributed by atoms with Crippen LogP contribution >= 0.6 is 0 Å². The number of para-hydroxylation sites is 1. The van der Waals surface area contributed by atoms with Crippen LogP contribution in [0.3, 0.4) is 0 Å². The van der Waals surface area contributed by atoms with E-state index >= 15 is 0 Å². The van der Waals surface area contributed by atoms with Gasteiger partial charge in [0.05, 0.1) is 16.8 Å². The summed E-state index contributed by atoms with van der Waals surface area (Å²) in [5.41, 5.74) is 5.13. The second kappa shape index (κ2) is 7.02. The molecule has 5 nitrogen and oxygen atoms in total. The van der Waals surface area contributed by atoms with Crippen LogP contribution in [-0.2, 0) is 13.0 Å². The van der Waals surface area contributed by atoms with Crippen molar-refractivity contribution in [3.63, 3.8) is 0 Å². The molecule has 0 saturated heterocycles. The van der Waals surface area contributed by atoms with Gasteiger partial charge in [-0.2, -0.15) is 0 Å². The minimum absolute atomic E-state index is 0.0161. The molecule has 1 amide bonds. The number of fused-ring (bicyclic) bond motifs is 2. The van der Waals surface area contributed by atoms with Crippen LogP contribution in [-0.4, -0.2) is 27.3 Å². The lowest BCUT2D eigenvalue weighted by atomic mass is 9.99. The number of nitrogens with one attached hydrogen (secondary N) is 1. The average Bonchev–Trinajstić information content (AvgIpc) is 2.78. The van der Waals surface area contributed by atoms with Crippen molar-refractivity contribution in [2.75, 3.05) is 6.54 Å². The fourth-order valence-electron chi connectivity index (χ4n) is 3.92. The Bertz CT molecular complexity index is 1280. The molecule has 0 fully saturated rings. The predicted octanol–water partition coefficient (Wildman–Crippen LogP) is 3.79. The van der Waals surface area contributed by atoms with Gasteiger partial charge in [-0.25, -0.2) is 4.98 Å². The summed E-state index contributed by atoms with van der Waals surface area (Å²) in [7, 11) is 0. The standard InChI is InChI=1S/C24H19N3O2/c28-23-12-17-10-11-27(15-18(17)14-25-23)24(29)20-13-22(16-6-2-1-3-7-16)26-21-9-5-4-8-19(20)21/h1-9,12-14H,10-11,15H2,(H,25,28). The topological polar surface area (TPSA) is 66.1 Å². The van der Waals surface area contributed by atoms with Crippen molar-refractivity contribution >= 4 is 16.8 Å². The lowest BCUT2D eigenvalue weighted by molar-refractivity contribution is 0.0736. The van der Waals surface area contributed by atoms with Crippen molar-refractivity contribution in [2.45, 2.75) is 13.0 Å². The number of hydrogen-bond donors (Lipinski definition) is 1. The molecule has 0 atom stereocenters. The van der Waals surface area contributed by atoms with Crippen LogP contribution in [0, 0.1) is 0 Å². The van der Waals surface area contributed by atoms with E-state index in [9.17, 15) is 9.59 Å². The first-order chi connectivity index (χ1) is 14.2. The first-order valence-corrected chi connectivity index (χ1v) is 9.64. The Morgan fingerprint density at radius 1 is 0.966 bits per heavy atom. The van der Waals surface area contributed by atoms with Gasteiger partial charge in [0.25, 0.3) is 5.91 Å². The van der Waals surface area contributed by atoms with Gasteiger partial charge in [0.2, 0.25) is 5.56 Å². The zero-order valence-corrected chi connectivity index (χ0v) is 15.8. The zero-order valence-electron chi connectivity index (χ0n) is 15.8. The van der Waals surface area contributed by atoms with Crippen LogP contribution in [0.25, 0.3) is 22.2 Å². The van der Waals surface area contributed by atoms with E-state index in [4.69, 9.17) is 4.98 Å². The van der Waals surface area contributed by atoms with E-state index in [0.29, 0.717) is 25.1 Å². The van der Waals surface area contributed by atoms with Gasteiger partial charge in [0.1, 0.15) is 0 Å². The molecular formula is C24H19N3O2. The second-order valence-electron chi connectivity index (χ2n) is 7.26. The van der Waals surface area contributed by atoms with Crippen LogP contribution in [0.1, 0.15) is 21.5 Å². The van der Waals surface area contributed by atoms with Crippen LogP contribution in [0.4, 0.5) is 0 Å². The molecule has 5 heteroatoms. The summed E-state index contributed by atoms with van der Waals surface area (Å²) in [4.78, 5) is 34.4. The molecule has 0 unspecified atom stereocenters. The maximum Gasteiger partial charge on any atom is 0.254 e. The molecular weight excluding hydrogens is 362 g/mol. The van der Waals surface area contributed by atoms with Crippen molar-refractivity contribution in [3.8, 4) is 11.3 Å². The Kier molecular flexibility index (Phi) is 4.21. The molecule has 1 N–H and O–H groups in total. The van der Waals surface area contributed by atoms with Gasteiger partial charge in [0, 0.05) is 36.3 Å². The van der Waals surface area contributed by atoms with Gasteiger partial charge in [0.15, 0.2) is 0 Å². The fourth-order valence-corrected chi connectivity index (χ4v) is 3.92. The van der Waals surface area contributed by atoms with Crippen LogP contribution < -0.4 is 5.56 Å². The molecule has 142 valence electrons. The van der Waals surface area contributed by atoms with E-state index < -0.39 is 0 Å². The van der Waals surface area contributed by atoms with Gasteiger partial charge >= 0.3 is 0 Å². The molecule has 2 aromatic carbocycles. The van der Waals surface area contributed by atoms with Crippen molar-refractivity contribution in [1.82, 2.24) is 14.9 Å². The second-order valence-corrected chi connectivity index (χ2v) is 7.26. The third-order valence-electron chi connectivity index (χ3n) is 5.42. The number of carbonyl (C=O) groups excluding carboxylic acids is 1. The number of benzene rings is 2. The molecule has 4 aromatic rings. The molecule has 3 heterocycles. The highest BCUT2D eigenvalue weighted by atomic mass is 16.2. The van der Waals surface area contributed by atoms with Gasteiger partial charge in [-0.3, -0.25) is 9.59 Å². The van der Waals surface area contributed by atoms with E-state index in [2.05, 4.69) is 4.98 Å². The Morgan fingerprint density at radius 2 is 1.76 bits per heavy atom. The van der Waals surface area contributed by atoms with Gasteiger partial charge in [-0.15, -0.1) is 0 Å². The summed E-state index contributed by atoms with van der Waals surface area (Å²) in [6.07, 6.45) is 2.40. The van der Waals surface area contributed by atoms with E-state index in [0.717, 1.165) is 33.3 Å². The number of pyridine rings is 2. The van der Waals surface area contributed by atoms with E-state index in [1.807, 2.05) is 65.6 Å². The number of aromatic amines is 1. The van der Waals surface area contributed by atoms with Crippen molar-refractivity contribution in [3.05, 3.63) is 100.0 Å². The number of aromatic nitrogens is 2. The Morgan fingerprint density at radius 3 is 2.62 bits per heavy atom. The summed E-state index contributed by atoms with van der Waals surface area (Å²) < 4.78 is 0. The first-order valence-electron chi connectivity index (χ1n) is 9.64. The molecule has 0 bridgehead atoms. The van der Waals surface area contributed by atoms with Gasteiger partial charge < -0.3 is 9.88 Å². The smallest absolute Gasteiger partial charge is 0.254 e. The quantitative estimate of drug-likeness (QED) is 0.575. The SMILES string of the molecule is O=C(c1cc(-c2ccccc2)nc2ccccc12)N1CCc2cc(=O)[nH]cc2C1. The lowest BCUT2D eigenvalue weighted by Crippen LogP contribution is -2.36. The molecule has 1 aliphatic rings. The summed E-state index contributed by atoms with van der Waals surface area (Å²) in [5, 5.41) is 0.851. The van der Waals surface area contributed by atoms with Crippen LogP contribution in [0.2, 0.25) is 0 Å². The first kappa shape index (κ1) is 17.4. The summed E-state index contributed by atoms with van der Waals surface area (Å²) >= 11 is 0. The minimum Gasteiger partial charge on any atom is -0.334 e. The number of carbonyl (C=O) groups is 1. The molecule has 2 aromatic heterocycles. The number of rotatable bonds is 2. The molecule has 29 heavy (non-hydrogen) atoms. The normalized spacial score (nSPS) is 13.3. The zero-order chi connectivity index (χ0) is 19.8. The van der Waals surface area contributed by atoms with Crippen molar-refractivity contribution in [2.24, 2.45) is 0 Å². The number of amides is 1. The monoisotopic (exact) mass is 381 g/mol. The predicted molar refractivity (Wildman–Crippen MR) is 113 cm³/mol. The molecule has 0 saturated carbocycles. The molecule has 0 aliphatic carbocycles. The number of nitrogens with zero attached hydrogens (tertiary/aromatic N) is 2. The van der Waals surface area contributed by atoms with Gasteiger partial charge in [-0.05, 0) is 29.7 Å². The van der Waals surface area contributed by atoms with E-state index in [1.165, 1.54) is 0 Å². The number of hydrogen-bond acceptors (Lipinski definition) is 3. The minimum atomic E-state index is -0.101. The van der Waals surface area contributed by atoms with Gasteiger partial charge in [-0.1, -0.05) is 48.5 Å². The lowest BCUT2D eigenvalue weighted by Gasteiger charge is -2.29. The highest BCUT2D eigenvalue weighted by Crippen LogP contribution is 2.27. The largest absolute Gasteiger partial charge is 0.334 e. The third-order valence-corrected chi connectivity index (χ3v) is 5.42. The molecule has 0 spiro atoms. The van der Waals surface area contributed by atoms with Crippen LogP contribution in [0.5, 0.6) is 0 Å². The Hall–Kier alpha value is -3.73. The van der Waals surface area contributed by atoms with E-state index in [-0.39, 0.29) is 11.5 Å². The van der Waals surface area contributed by atoms with Crippen molar-refractivity contribution < 1.29 is 4.79 Å². The molecule has 1 aliphatic heterocycles.